The van der Waals surface area contributed by atoms with Gasteiger partial charge in [0, 0.05) is 11.5 Å². The zero-order chi connectivity index (χ0) is 23.6. The second-order valence-corrected chi connectivity index (χ2v) is 9.28. The van der Waals surface area contributed by atoms with Crippen LogP contribution in [0.25, 0.3) is 11.2 Å². The molecule has 0 radical (unpaired) electrons. The summed E-state index contributed by atoms with van der Waals surface area (Å²) in [5, 5.41) is 32.6. The third kappa shape index (κ3) is 5.38. The molecule has 1 aliphatic rings. The lowest BCUT2D eigenvalue weighted by molar-refractivity contribution is -0.138. The molecule has 3 rings (SSSR count). The molecule has 0 aliphatic carbocycles. The van der Waals surface area contributed by atoms with Gasteiger partial charge in [0.25, 0.3) is 0 Å². The van der Waals surface area contributed by atoms with E-state index in [4.69, 9.17) is 15.2 Å². The number of aliphatic hydroxyl groups excluding tert-OH is 2. The predicted octanol–water partition coefficient (Wildman–Crippen LogP) is -0.261. The number of nitrogens with one attached hydrogen (secondary N) is 1. The summed E-state index contributed by atoms with van der Waals surface area (Å²) in [6.45, 7) is 5.00. The molecule has 14 heteroatoms. The fraction of sp³-hybridized carbons (Fsp3) is 0.611. The summed E-state index contributed by atoms with van der Waals surface area (Å²) in [5.41, 5.74) is 5.69. The zero-order valence-corrected chi connectivity index (χ0v) is 18.5. The van der Waals surface area contributed by atoms with Crippen LogP contribution in [0.3, 0.4) is 0 Å². The predicted molar refractivity (Wildman–Crippen MR) is 114 cm³/mol. The topological polar surface area (TPSA) is 195 Å². The summed E-state index contributed by atoms with van der Waals surface area (Å²) in [7, 11) is 0. The Kier molecular flexibility index (Phi) is 7.07. The highest BCUT2D eigenvalue weighted by Gasteiger charge is 2.44. The second kappa shape index (κ2) is 9.44. The molecule has 13 nitrogen and oxygen atoms in total. The van der Waals surface area contributed by atoms with Crippen molar-refractivity contribution in [3.63, 3.8) is 0 Å². The van der Waals surface area contributed by atoms with Gasteiger partial charge in [-0.05, 0) is 20.8 Å². The molecule has 0 bridgehead atoms. The molecule has 5 atom stereocenters. The maximum Gasteiger partial charge on any atom is 0.408 e. The number of alkyl carbamates (subject to hydrolysis) is 1. The Hall–Kier alpha value is -2.68. The van der Waals surface area contributed by atoms with E-state index in [1.165, 1.54) is 17.2 Å². The number of aliphatic carboxylic acids is 1. The van der Waals surface area contributed by atoms with E-state index in [0.29, 0.717) is 11.2 Å². The molecular formula is C18H26N6O7S. The molecule has 2 aromatic heterocycles. The number of anilines is 1. The average molecular weight is 471 g/mol. The van der Waals surface area contributed by atoms with Crippen molar-refractivity contribution < 1.29 is 34.4 Å². The first kappa shape index (κ1) is 24.0. The van der Waals surface area contributed by atoms with Crippen LogP contribution in [-0.4, -0.2) is 88.4 Å². The highest BCUT2D eigenvalue weighted by Crippen LogP contribution is 2.33. The summed E-state index contributed by atoms with van der Waals surface area (Å²) < 4.78 is 12.3. The summed E-state index contributed by atoms with van der Waals surface area (Å²) in [6.07, 6.45) is -2.47. The lowest BCUT2D eigenvalue weighted by Crippen LogP contribution is -2.45. The largest absolute Gasteiger partial charge is 0.480 e. The molecule has 6 N–H and O–H groups in total. The van der Waals surface area contributed by atoms with Gasteiger partial charge in [-0.2, -0.15) is 11.8 Å². The van der Waals surface area contributed by atoms with Crippen molar-refractivity contribution in [2.24, 2.45) is 0 Å². The van der Waals surface area contributed by atoms with Crippen LogP contribution in [0.1, 0.15) is 27.0 Å². The number of thioether (sulfide) groups is 1. The van der Waals surface area contributed by atoms with Crippen LogP contribution in [-0.2, 0) is 14.3 Å². The number of nitrogens with zero attached hydrogens (tertiary/aromatic N) is 4. The quantitative estimate of drug-likeness (QED) is 0.356. The second-order valence-electron chi connectivity index (χ2n) is 8.20. The minimum atomic E-state index is -1.27. The fourth-order valence-electron chi connectivity index (χ4n) is 3.08. The Labute approximate surface area is 187 Å². The standard InChI is InChI=1S/C18H26N6O7S/c1-18(2,3)31-17(29)23-8(16(27)28)4-32-5-9-11(25)12(26)15(30-9)24-7-22-10-13(19)20-6-21-14(10)24/h6-9,11-12,15,25-26H,4-5H2,1-3H3,(H,23,29)(H,27,28)(H2,19,20,21)/t8-,9+,11-,12-,15+/m0/s1. The van der Waals surface area contributed by atoms with E-state index < -0.39 is 48.2 Å². The van der Waals surface area contributed by atoms with Crippen LogP contribution in [0, 0.1) is 0 Å². The third-order valence-electron chi connectivity index (χ3n) is 4.55. The van der Waals surface area contributed by atoms with Crippen molar-refractivity contribution in [2.45, 2.75) is 57.0 Å². The first-order valence-electron chi connectivity index (χ1n) is 9.72. The van der Waals surface area contributed by atoms with Gasteiger partial charge in [-0.25, -0.2) is 24.5 Å². The van der Waals surface area contributed by atoms with Crippen molar-refractivity contribution >= 4 is 40.8 Å². The molecule has 1 fully saturated rings. The Morgan fingerprint density at radius 3 is 2.69 bits per heavy atom. The number of carbonyl (C=O) groups is 2. The van der Waals surface area contributed by atoms with Crippen LogP contribution in [0.15, 0.2) is 12.7 Å². The minimum Gasteiger partial charge on any atom is -0.480 e. The van der Waals surface area contributed by atoms with E-state index in [-0.39, 0.29) is 17.3 Å². The maximum atomic E-state index is 11.9. The molecule has 1 aliphatic heterocycles. The molecular weight excluding hydrogens is 444 g/mol. The third-order valence-corrected chi connectivity index (χ3v) is 5.69. The van der Waals surface area contributed by atoms with E-state index in [1.807, 2.05) is 0 Å². The van der Waals surface area contributed by atoms with Gasteiger partial charge in [0.2, 0.25) is 0 Å². The number of ether oxygens (including phenoxy) is 2. The van der Waals surface area contributed by atoms with Gasteiger partial charge in [0.05, 0.1) is 12.4 Å². The molecule has 1 saturated heterocycles. The van der Waals surface area contributed by atoms with Crippen molar-refractivity contribution in [1.29, 1.82) is 0 Å². The number of amides is 1. The number of carbonyl (C=O) groups excluding carboxylic acids is 1. The smallest absolute Gasteiger partial charge is 0.408 e. The lowest BCUT2D eigenvalue weighted by Gasteiger charge is -2.22. The number of nitrogen functional groups attached to an aromatic ring is 1. The van der Waals surface area contributed by atoms with Gasteiger partial charge >= 0.3 is 12.1 Å². The normalized spacial score (nSPS) is 24.4. The van der Waals surface area contributed by atoms with Gasteiger partial charge in [-0.1, -0.05) is 0 Å². The molecule has 2 aromatic rings. The van der Waals surface area contributed by atoms with E-state index in [9.17, 15) is 24.9 Å². The highest BCUT2D eigenvalue weighted by molar-refractivity contribution is 7.99. The Bertz CT molecular complexity index is 980. The Morgan fingerprint density at radius 1 is 1.31 bits per heavy atom. The molecule has 0 aromatic carbocycles. The molecule has 32 heavy (non-hydrogen) atoms. The van der Waals surface area contributed by atoms with Crippen LogP contribution < -0.4 is 11.1 Å². The number of hydrogen-bond donors (Lipinski definition) is 5. The Balaban J connectivity index is 1.60. The monoisotopic (exact) mass is 470 g/mol. The molecule has 0 unspecified atom stereocenters. The fourth-order valence-corrected chi connectivity index (χ4v) is 4.19. The summed E-state index contributed by atoms with van der Waals surface area (Å²) in [6, 6.07) is -1.20. The molecule has 176 valence electrons. The van der Waals surface area contributed by atoms with Gasteiger partial charge < -0.3 is 35.8 Å². The lowest BCUT2D eigenvalue weighted by atomic mass is 10.1. The molecule has 0 saturated carbocycles. The highest BCUT2D eigenvalue weighted by atomic mass is 32.2. The summed E-state index contributed by atoms with van der Waals surface area (Å²) in [5.74, 6) is -0.889. The number of carboxylic acid groups (broad SMARTS) is 1. The first-order valence-corrected chi connectivity index (χ1v) is 10.9. The number of aromatic nitrogens is 4. The van der Waals surface area contributed by atoms with E-state index in [1.54, 1.807) is 20.8 Å². The van der Waals surface area contributed by atoms with Crippen molar-refractivity contribution in [3.05, 3.63) is 12.7 Å². The summed E-state index contributed by atoms with van der Waals surface area (Å²) >= 11 is 1.14. The summed E-state index contributed by atoms with van der Waals surface area (Å²) in [4.78, 5) is 35.4. The number of rotatable bonds is 7. The van der Waals surface area contributed by atoms with Crippen LogP contribution >= 0.6 is 11.8 Å². The number of imidazole rings is 1. The van der Waals surface area contributed by atoms with Gasteiger partial charge in [-0.3, -0.25) is 4.57 Å². The molecule has 1 amide bonds. The van der Waals surface area contributed by atoms with Crippen molar-refractivity contribution in [2.75, 3.05) is 17.2 Å². The number of carboxylic acids is 1. The van der Waals surface area contributed by atoms with Crippen molar-refractivity contribution in [1.82, 2.24) is 24.8 Å². The van der Waals surface area contributed by atoms with Crippen LogP contribution in [0.4, 0.5) is 10.6 Å². The number of aliphatic hydroxyl groups is 2. The van der Waals surface area contributed by atoms with E-state index in [2.05, 4.69) is 20.3 Å². The van der Waals surface area contributed by atoms with Crippen LogP contribution in [0.5, 0.6) is 0 Å². The number of nitrogens with two attached hydrogens (primary N) is 1. The molecule has 0 spiro atoms. The van der Waals surface area contributed by atoms with Gasteiger partial charge in [0.1, 0.15) is 35.7 Å². The number of hydrogen-bond acceptors (Lipinski definition) is 11. The van der Waals surface area contributed by atoms with Crippen LogP contribution in [0.2, 0.25) is 0 Å². The zero-order valence-electron chi connectivity index (χ0n) is 17.7. The maximum absolute atomic E-state index is 11.9. The average Bonchev–Trinajstić information content (AvgIpc) is 3.23. The van der Waals surface area contributed by atoms with Gasteiger partial charge in [-0.15, -0.1) is 0 Å². The Morgan fingerprint density at radius 2 is 2.03 bits per heavy atom. The minimum absolute atomic E-state index is 0.000315. The molecule has 3 heterocycles. The van der Waals surface area contributed by atoms with Crippen molar-refractivity contribution in [3.8, 4) is 0 Å². The first-order chi connectivity index (χ1) is 15.0. The number of fused-ring (bicyclic) bond motifs is 1. The van der Waals surface area contributed by atoms with E-state index in [0.717, 1.165) is 11.8 Å². The van der Waals surface area contributed by atoms with E-state index >= 15 is 0 Å². The SMILES string of the molecule is CC(C)(C)OC(=O)N[C@@H](CSC[C@H]1O[C@@H](n2cnc3c(N)ncnc32)[C@@H](O)[C@H]1O)C(=O)O. The van der Waals surface area contributed by atoms with Gasteiger partial charge in [0.15, 0.2) is 17.7 Å².